The highest BCUT2D eigenvalue weighted by Gasteiger charge is 2.39. The number of likely N-dealkylation sites (tertiary alicyclic amines) is 1. The van der Waals surface area contributed by atoms with E-state index in [0.29, 0.717) is 47.2 Å². The predicted molar refractivity (Wildman–Crippen MR) is 175 cm³/mol. The summed E-state index contributed by atoms with van der Waals surface area (Å²) < 4.78 is 0. The molecular formula is C34H43N9O2. The number of aliphatic hydroxyl groups excluding tert-OH is 1. The Morgan fingerprint density at radius 1 is 1.07 bits per heavy atom. The number of benzene rings is 1. The number of anilines is 5. The minimum atomic E-state index is -1.13. The number of aromatic nitrogens is 3. The molecule has 0 bridgehead atoms. The molecule has 0 saturated carbocycles. The lowest BCUT2D eigenvalue weighted by molar-refractivity contribution is 0.0244. The molecule has 5 heterocycles. The summed E-state index contributed by atoms with van der Waals surface area (Å²) in [5.41, 5.74) is 2.47. The van der Waals surface area contributed by atoms with E-state index in [1.54, 1.807) is 42.2 Å². The molecule has 3 N–H and O–H groups in total. The molecular weight excluding hydrogens is 566 g/mol. The normalized spacial score (nSPS) is 20.2. The van der Waals surface area contributed by atoms with E-state index in [0.717, 1.165) is 38.4 Å². The molecule has 11 nitrogen and oxygen atoms in total. The van der Waals surface area contributed by atoms with Crippen molar-refractivity contribution in [3.8, 4) is 6.07 Å². The lowest BCUT2D eigenvalue weighted by Crippen LogP contribution is -2.47. The summed E-state index contributed by atoms with van der Waals surface area (Å²) in [6.45, 7) is 12.8. The average molecular weight is 610 g/mol. The highest BCUT2D eigenvalue weighted by Crippen LogP contribution is 2.43. The molecule has 2 aromatic heterocycles. The Labute approximate surface area is 265 Å². The first kappa shape index (κ1) is 30.9. The van der Waals surface area contributed by atoms with Gasteiger partial charge in [-0.15, -0.1) is 6.58 Å². The van der Waals surface area contributed by atoms with Gasteiger partial charge in [0.25, 0.3) is 0 Å². The second-order valence-electron chi connectivity index (χ2n) is 12.9. The van der Waals surface area contributed by atoms with Gasteiger partial charge in [-0.2, -0.15) is 15.3 Å². The van der Waals surface area contributed by atoms with Crippen LogP contribution >= 0.6 is 0 Å². The zero-order valence-electron chi connectivity index (χ0n) is 26.2. The monoisotopic (exact) mass is 609 g/mol. The molecule has 6 rings (SSSR count). The summed E-state index contributed by atoms with van der Waals surface area (Å²) in [6.07, 6.45) is 7.88. The number of hydrazine groups is 1. The van der Waals surface area contributed by atoms with E-state index >= 15 is 0 Å². The highest BCUT2D eigenvalue weighted by atomic mass is 16.3. The van der Waals surface area contributed by atoms with Gasteiger partial charge in [0.05, 0.1) is 17.3 Å². The fourth-order valence-electron chi connectivity index (χ4n) is 6.70. The van der Waals surface area contributed by atoms with E-state index in [1.807, 2.05) is 12.1 Å². The molecule has 1 spiro atoms. The van der Waals surface area contributed by atoms with Gasteiger partial charge in [0.15, 0.2) is 12.0 Å². The lowest BCUT2D eigenvalue weighted by atomic mass is 9.71. The Hall–Kier alpha value is -4.08. The topological polar surface area (TPSA) is 128 Å². The Morgan fingerprint density at radius 3 is 2.44 bits per heavy atom. The van der Waals surface area contributed by atoms with Crippen molar-refractivity contribution in [1.29, 1.82) is 5.26 Å². The maximum absolute atomic E-state index is 11.1. The van der Waals surface area contributed by atoms with Crippen LogP contribution in [-0.4, -0.2) is 74.3 Å². The van der Waals surface area contributed by atoms with Crippen LogP contribution in [0, 0.1) is 16.7 Å². The summed E-state index contributed by atoms with van der Waals surface area (Å²) >= 11 is 0. The zero-order valence-corrected chi connectivity index (χ0v) is 26.2. The number of hydrogen-bond donors (Lipinski definition) is 3. The SMILES string of the molecule is C=CCN1C(O)c2cnc(Nc3ccc(N4CCC5(CCN(CCC#N)CC5)CC4)cc3)nc2N1c1cccc(C(C)(C)O)n1. The number of fused-ring (bicyclic) bond motifs is 1. The van der Waals surface area contributed by atoms with E-state index in [9.17, 15) is 10.2 Å². The first-order valence-corrected chi connectivity index (χ1v) is 15.8. The van der Waals surface area contributed by atoms with Gasteiger partial charge in [-0.3, -0.25) is 0 Å². The average Bonchev–Trinajstić information content (AvgIpc) is 3.31. The molecule has 1 unspecified atom stereocenters. The van der Waals surface area contributed by atoms with Crippen molar-refractivity contribution in [2.75, 3.05) is 54.5 Å². The van der Waals surface area contributed by atoms with Crippen molar-refractivity contribution < 1.29 is 10.2 Å². The quantitative estimate of drug-likeness (QED) is 0.284. The summed E-state index contributed by atoms with van der Waals surface area (Å²) in [7, 11) is 0. The number of rotatable bonds is 9. The van der Waals surface area contributed by atoms with E-state index in [2.05, 4.69) is 57.0 Å². The third kappa shape index (κ3) is 6.51. The molecule has 1 atom stereocenters. The van der Waals surface area contributed by atoms with Crippen LogP contribution in [0.4, 0.5) is 29.0 Å². The van der Waals surface area contributed by atoms with Crippen LogP contribution in [0.2, 0.25) is 0 Å². The third-order valence-corrected chi connectivity index (χ3v) is 9.48. The van der Waals surface area contributed by atoms with E-state index in [1.165, 1.54) is 31.4 Å². The van der Waals surface area contributed by atoms with Gasteiger partial charge >= 0.3 is 0 Å². The van der Waals surface area contributed by atoms with Crippen LogP contribution in [0.3, 0.4) is 0 Å². The second kappa shape index (κ2) is 12.7. The van der Waals surface area contributed by atoms with E-state index in [4.69, 9.17) is 15.2 Å². The van der Waals surface area contributed by atoms with Crippen LogP contribution in [-0.2, 0) is 5.60 Å². The smallest absolute Gasteiger partial charge is 0.229 e. The molecule has 236 valence electrons. The van der Waals surface area contributed by atoms with Gasteiger partial charge in [0.2, 0.25) is 5.95 Å². The van der Waals surface area contributed by atoms with Crippen LogP contribution in [0.15, 0.2) is 61.3 Å². The largest absolute Gasteiger partial charge is 0.384 e. The minimum absolute atomic E-state index is 0.356. The number of nitrogens with one attached hydrogen (secondary N) is 1. The summed E-state index contributed by atoms with van der Waals surface area (Å²) in [5.74, 6) is 1.44. The standard InChI is InChI=1S/C34H43N9O2/c1-4-18-42-31(44)27-24-36-32(39-30(27)43(42)29-8-5-7-28(38-29)33(2,3)45)37-25-9-11-26(12-10-25)41-22-15-34(16-23-41)13-20-40(21-14-34)19-6-17-35/h4-5,7-12,24,31,44-45H,1,6,13-16,18-23H2,2-3H3,(H,36,37,39). The maximum atomic E-state index is 11.1. The predicted octanol–water partition coefficient (Wildman–Crippen LogP) is 4.98. The van der Waals surface area contributed by atoms with Crippen molar-refractivity contribution in [3.63, 3.8) is 0 Å². The molecule has 11 heteroatoms. The summed E-state index contributed by atoms with van der Waals surface area (Å²) in [5, 5.41) is 37.4. The van der Waals surface area contributed by atoms with Crippen LogP contribution < -0.4 is 15.2 Å². The van der Waals surface area contributed by atoms with Crippen LogP contribution in [0.5, 0.6) is 0 Å². The number of piperidine rings is 2. The number of aliphatic hydroxyl groups is 2. The van der Waals surface area contributed by atoms with Crippen molar-refractivity contribution >= 4 is 29.0 Å². The molecule has 3 aliphatic heterocycles. The van der Waals surface area contributed by atoms with Crippen LogP contribution in [0.1, 0.15) is 63.4 Å². The van der Waals surface area contributed by atoms with E-state index < -0.39 is 11.8 Å². The zero-order chi connectivity index (χ0) is 31.6. The molecule has 0 aliphatic carbocycles. The molecule has 3 aromatic rings. The van der Waals surface area contributed by atoms with Gasteiger partial charge < -0.3 is 25.3 Å². The summed E-state index contributed by atoms with van der Waals surface area (Å²) in [6, 6.07) is 16.1. The van der Waals surface area contributed by atoms with Crippen molar-refractivity contribution in [2.45, 2.75) is 57.8 Å². The second-order valence-corrected chi connectivity index (χ2v) is 12.9. The Balaban J connectivity index is 1.13. The minimum Gasteiger partial charge on any atom is -0.384 e. The Bertz CT molecular complexity index is 1530. The lowest BCUT2D eigenvalue weighted by Gasteiger charge is -2.47. The maximum Gasteiger partial charge on any atom is 0.229 e. The fourth-order valence-corrected chi connectivity index (χ4v) is 6.70. The number of nitriles is 1. The van der Waals surface area contributed by atoms with Gasteiger partial charge in [-0.25, -0.2) is 15.0 Å². The molecule has 0 amide bonds. The molecule has 3 aliphatic rings. The first-order valence-electron chi connectivity index (χ1n) is 15.8. The van der Waals surface area contributed by atoms with E-state index in [-0.39, 0.29) is 0 Å². The van der Waals surface area contributed by atoms with Gasteiger partial charge in [0, 0.05) is 50.2 Å². The van der Waals surface area contributed by atoms with Gasteiger partial charge in [0.1, 0.15) is 11.4 Å². The van der Waals surface area contributed by atoms with Gasteiger partial charge in [-0.05, 0) is 94.4 Å². The first-order chi connectivity index (χ1) is 21.7. The number of hydrogen-bond acceptors (Lipinski definition) is 11. The van der Waals surface area contributed by atoms with Crippen LogP contribution in [0.25, 0.3) is 0 Å². The highest BCUT2D eigenvalue weighted by molar-refractivity contribution is 5.66. The fraction of sp³-hybridized carbons (Fsp3) is 0.471. The molecule has 2 fully saturated rings. The molecule has 0 radical (unpaired) electrons. The molecule has 45 heavy (non-hydrogen) atoms. The number of pyridine rings is 1. The third-order valence-electron chi connectivity index (χ3n) is 9.48. The number of nitrogens with zero attached hydrogens (tertiary/aromatic N) is 8. The summed E-state index contributed by atoms with van der Waals surface area (Å²) in [4.78, 5) is 18.9. The van der Waals surface area contributed by atoms with Crippen molar-refractivity contribution in [1.82, 2.24) is 24.9 Å². The molecule has 1 aromatic carbocycles. The Morgan fingerprint density at radius 2 is 1.78 bits per heavy atom. The van der Waals surface area contributed by atoms with Crippen molar-refractivity contribution in [3.05, 3.63) is 72.6 Å². The van der Waals surface area contributed by atoms with Gasteiger partial charge in [-0.1, -0.05) is 12.1 Å². The van der Waals surface area contributed by atoms with Crippen molar-refractivity contribution in [2.24, 2.45) is 5.41 Å². The molecule has 2 saturated heterocycles. The Kier molecular flexibility index (Phi) is 8.75.